The molecular weight excluding hydrogens is 298 g/mol. The Bertz CT molecular complexity index is 357. The Morgan fingerprint density at radius 1 is 0.826 bits per heavy atom. The fourth-order valence-corrected chi connectivity index (χ4v) is 2.39. The average molecular weight is 329 g/mol. The molecule has 6 nitrogen and oxygen atoms in total. The van der Waals surface area contributed by atoms with E-state index in [1.807, 2.05) is 0 Å². The highest BCUT2D eigenvalue weighted by atomic mass is 16.4. The van der Waals surface area contributed by atoms with Crippen LogP contribution in [-0.2, 0) is 14.4 Å². The standard InChI is InChI=1S/C17H31NO5/c1-2-3-4-5-6-7-8-9-10-11-15(19)18-14(17(22)23)12-13-16(20)21/h14H,2-13H2,1H3,(H,18,19)(H,20,21)(H,22,23)/t14-/m1/s1. The van der Waals surface area contributed by atoms with Crippen LogP contribution in [0.5, 0.6) is 0 Å². The first kappa shape index (κ1) is 21.4. The summed E-state index contributed by atoms with van der Waals surface area (Å²) in [4.78, 5) is 33.1. The minimum Gasteiger partial charge on any atom is -0.481 e. The smallest absolute Gasteiger partial charge is 0.326 e. The first-order valence-corrected chi connectivity index (χ1v) is 8.71. The molecule has 0 aromatic heterocycles. The number of aliphatic carboxylic acids is 2. The normalized spacial score (nSPS) is 11.9. The zero-order chi connectivity index (χ0) is 17.5. The van der Waals surface area contributed by atoms with Gasteiger partial charge in [0.05, 0.1) is 0 Å². The Balaban J connectivity index is 3.67. The molecule has 0 aliphatic rings. The number of hydrogen-bond donors (Lipinski definition) is 3. The highest BCUT2D eigenvalue weighted by Gasteiger charge is 2.20. The van der Waals surface area contributed by atoms with Gasteiger partial charge in [-0.05, 0) is 12.8 Å². The van der Waals surface area contributed by atoms with Crippen molar-refractivity contribution in [3.05, 3.63) is 0 Å². The summed E-state index contributed by atoms with van der Waals surface area (Å²) < 4.78 is 0. The number of carboxylic acids is 2. The molecule has 0 unspecified atom stereocenters. The molecule has 0 aliphatic heterocycles. The van der Waals surface area contributed by atoms with Crippen LogP contribution in [0.4, 0.5) is 0 Å². The number of carboxylic acid groups (broad SMARTS) is 2. The second-order valence-corrected chi connectivity index (χ2v) is 5.97. The molecule has 0 spiro atoms. The Hall–Kier alpha value is -1.59. The molecule has 0 fully saturated rings. The van der Waals surface area contributed by atoms with E-state index in [9.17, 15) is 14.4 Å². The van der Waals surface area contributed by atoms with Gasteiger partial charge in [0, 0.05) is 12.8 Å². The third-order valence-electron chi connectivity index (χ3n) is 3.79. The Morgan fingerprint density at radius 2 is 1.35 bits per heavy atom. The molecule has 0 heterocycles. The molecule has 0 aliphatic carbocycles. The molecule has 3 N–H and O–H groups in total. The number of rotatable bonds is 15. The largest absolute Gasteiger partial charge is 0.481 e. The van der Waals surface area contributed by atoms with Crippen molar-refractivity contribution in [1.82, 2.24) is 5.32 Å². The van der Waals surface area contributed by atoms with Crippen molar-refractivity contribution in [3.63, 3.8) is 0 Å². The van der Waals surface area contributed by atoms with E-state index < -0.39 is 18.0 Å². The van der Waals surface area contributed by atoms with Crippen LogP contribution in [0.2, 0.25) is 0 Å². The van der Waals surface area contributed by atoms with E-state index in [0.717, 1.165) is 19.3 Å². The molecule has 134 valence electrons. The van der Waals surface area contributed by atoms with E-state index in [4.69, 9.17) is 10.2 Å². The van der Waals surface area contributed by atoms with Crippen molar-refractivity contribution in [2.75, 3.05) is 0 Å². The molecular formula is C17H31NO5. The Kier molecular flexibility index (Phi) is 13.1. The Labute approximate surface area is 138 Å². The fraction of sp³-hybridized carbons (Fsp3) is 0.824. The summed E-state index contributed by atoms with van der Waals surface area (Å²) in [5.41, 5.74) is 0. The zero-order valence-corrected chi connectivity index (χ0v) is 14.2. The van der Waals surface area contributed by atoms with Crippen LogP contribution in [0.1, 0.15) is 84.0 Å². The predicted octanol–water partition coefficient (Wildman–Crippen LogP) is 3.34. The molecule has 0 bridgehead atoms. The zero-order valence-electron chi connectivity index (χ0n) is 14.2. The van der Waals surface area contributed by atoms with Gasteiger partial charge in [-0.3, -0.25) is 9.59 Å². The van der Waals surface area contributed by atoms with Crippen LogP contribution in [0, 0.1) is 0 Å². The van der Waals surface area contributed by atoms with Crippen LogP contribution >= 0.6 is 0 Å². The first-order valence-electron chi connectivity index (χ1n) is 8.71. The maximum atomic E-state index is 11.7. The first-order chi connectivity index (χ1) is 11.0. The molecule has 0 rings (SSSR count). The molecule has 0 aromatic carbocycles. The molecule has 1 atom stereocenters. The highest BCUT2D eigenvalue weighted by molar-refractivity contribution is 5.83. The van der Waals surface area contributed by atoms with Crippen LogP contribution in [-0.4, -0.2) is 34.1 Å². The lowest BCUT2D eigenvalue weighted by molar-refractivity contribution is -0.143. The van der Waals surface area contributed by atoms with Gasteiger partial charge in [-0.1, -0.05) is 58.3 Å². The van der Waals surface area contributed by atoms with Gasteiger partial charge >= 0.3 is 11.9 Å². The van der Waals surface area contributed by atoms with Gasteiger partial charge in [-0.25, -0.2) is 4.79 Å². The van der Waals surface area contributed by atoms with Crippen molar-refractivity contribution < 1.29 is 24.6 Å². The number of hydrogen-bond acceptors (Lipinski definition) is 3. The maximum absolute atomic E-state index is 11.7. The van der Waals surface area contributed by atoms with Crippen LogP contribution in [0.3, 0.4) is 0 Å². The summed E-state index contributed by atoms with van der Waals surface area (Å²) in [5, 5.41) is 19.9. The van der Waals surface area contributed by atoms with E-state index in [0.29, 0.717) is 6.42 Å². The fourth-order valence-electron chi connectivity index (χ4n) is 2.39. The molecule has 0 aromatic rings. The average Bonchev–Trinajstić information content (AvgIpc) is 2.49. The minimum atomic E-state index is -1.19. The van der Waals surface area contributed by atoms with Crippen molar-refractivity contribution in [3.8, 4) is 0 Å². The summed E-state index contributed by atoms with van der Waals surface area (Å²) in [5.74, 6) is -2.57. The number of carbonyl (C=O) groups excluding carboxylic acids is 1. The van der Waals surface area contributed by atoms with Crippen molar-refractivity contribution in [2.24, 2.45) is 0 Å². The van der Waals surface area contributed by atoms with Crippen molar-refractivity contribution >= 4 is 17.8 Å². The van der Waals surface area contributed by atoms with Gasteiger partial charge in [0.15, 0.2) is 0 Å². The predicted molar refractivity (Wildman–Crippen MR) is 88.3 cm³/mol. The van der Waals surface area contributed by atoms with Gasteiger partial charge in [0.25, 0.3) is 0 Å². The number of amides is 1. The summed E-state index contributed by atoms with van der Waals surface area (Å²) >= 11 is 0. The van der Waals surface area contributed by atoms with Gasteiger partial charge in [-0.2, -0.15) is 0 Å². The lowest BCUT2D eigenvalue weighted by Gasteiger charge is -2.13. The van der Waals surface area contributed by atoms with E-state index in [1.165, 1.54) is 38.5 Å². The number of carbonyl (C=O) groups is 3. The second-order valence-electron chi connectivity index (χ2n) is 5.97. The third kappa shape index (κ3) is 13.8. The minimum absolute atomic E-state index is 0.0891. The monoisotopic (exact) mass is 329 g/mol. The maximum Gasteiger partial charge on any atom is 0.326 e. The van der Waals surface area contributed by atoms with E-state index in [-0.39, 0.29) is 18.7 Å². The molecule has 23 heavy (non-hydrogen) atoms. The summed E-state index contributed by atoms with van der Waals surface area (Å²) in [6.45, 7) is 2.20. The molecule has 0 radical (unpaired) electrons. The van der Waals surface area contributed by atoms with Gasteiger partial charge in [-0.15, -0.1) is 0 Å². The molecule has 0 saturated heterocycles. The van der Waals surface area contributed by atoms with E-state index in [1.54, 1.807) is 0 Å². The summed E-state index contributed by atoms with van der Waals surface area (Å²) in [6.07, 6.45) is 10.3. The molecule has 1 amide bonds. The van der Waals surface area contributed by atoms with Crippen LogP contribution < -0.4 is 5.32 Å². The van der Waals surface area contributed by atoms with Crippen LogP contribution in [0.25, 0.3) is 0 Å². The highest BCUT2D eigenvalue weighted by Crippen LogP contribution is 2.10. The third-order valence-corrected chi connectivity index (χ3v) is 3.79. The second kappa shape index (κ2) is 14.0. The van der Waals surface area contributed by atoms with Crippen LogP contribution in [0.15, 0.2) is 0 Å². The van der Waals surface area contributed by atoms with E-state index >= 15 is 0 Å². The summed E-state index contributed by atoms with van der Waals surface area (Å²) in [6, 6.07) is -1.11. The van der Waals surface area contributed by atoms with Gasteiger partial charge in [0.1, 0.15) is 6.04 Å². The van der Waals surface area contributed by atoms with Gasteiger partial charge in [0.2, 0.25) is 5.91 Å². The van der Waals surface area contributed by atoms with Gasteiger partial charge < -0.3 is 15.5 Å². The van der Waals surface area contributed by atoms with E-state index in [2.05, 4.69) is 12.2 Å². The topological polar surface area (TPSA) is 104 Å². The SMILES string of the molecule is CCCCCCCCCCCC(=O)N[C@H](CCC(=O)O)C(=O)O. The summed E-state index contributed by atoms with van der Waals surface area (Å²) in [7, 11) is 0. The number of nitrogens with one attached hydrogen (secondary N) is 1. The molecule has 6 heteroatoms. The quantitative estimate of drug-likeness (QED) is 0.400. The van der Waals surface area contributed by atoms with Crippen molar-refractivity contribution in [1.29, 1.82) is 0 Å². The number of unbranched alkanes of at least 4 members (excludes halogenated alkanes) is 8. The lowest BCUT2D eigenvalue weighted by atomic mass is 10.1. The Morgan fingerprint density at radius 3 is 1.83 bits per heavy atom. The lowest BCUT2D eigenvalue weighted by Crippen LogP contribution is -2.41. The van der Waals surface area contributed by atoms with Crippen molar-refractivity contribution in [2.45, 2.75) is 90.0 Å². The molecule has 0 saturated carbocycles.